The molecule has 3 aromatic carbocycles. The van der Waals surface area contributed by atoms with E-state index in [4.69, 9.17) is 0 Å². The zero-order chi connectivity index (χ0) is 22.3. The van der Waals surface area contributed by atoms with Crippen molar-refractivity contribution >= 4 is 23.1 Å². The second-order valence-electron chi connectivity index (χ2n) is 7.80. The molecule has 156 valence electrons. The molecular formula is C26H22FNO3. The zero-order valence-corrected chi connectivity index (χ0v) is 17.5. The Morgan fingerprint density at radius 3 is 2.19 bits per heavy atom. The van der Waals surface area contributed by atoms with Crippen molar-refractivity contribution in [2.45, 2.75) is 26.8 Å². The quantitative estimate of drug-likeness (QED) is 0.355. The summed E-state index contributed by atoms with van der Waals surface area (Å²) >= 11 is 0. The molecule has 0 bridgehead atoms. The van der Waals surface area contributed by atoms with E-state index in [1.807, 2.05) is 51.1 Å². The minimum absolute atomic E-state index is 0.0203. The number of hydrogen-bond donors (Lipinski definition) is 1. The van der Waals surface area contributed by atoms with Crippen LogP contribution in [-0.4, -0.2) is 16.8 Å². The normalized spacial score (nSPS) is 17.9. The predicted molar refractivity (Wildman–Crippen MR) is 118 cm³/mol. The molecule has 5 heteroatoms. The number of carbonyl (C=O) groups is 2. The first kappa shape index (κ1) is 20.5. The maximum atomic E-state index is 13.5. The van der Waals surface area contributed by atoms with Gasteiger partial charge in [-0.15, -0.1) is 0 Å². The molecule has 0 saturated carbocycles. The predicted octanol–water partition coefficient (Wildman–Crippen LogP) is 5.38. The lowest BCUT2D eigenvalue weighted by atomic mass is 9.92. The number of aryl methyl sites for hydroxylation is 3. The average molecular weight is 415 g/mol. The van der Waals surface area contributed by atoms with Crippen LogP contribution in [0.25, 0.3) is 5.76 Å². The summed E-state index contributed by atoms with van der Waals surface area (Å²) in [6, 6.07) is 17.4. The number of benzene rings is 3. The number of nitrogens with zero attached hydrogens (tertiary/aromatic N) is 1. The van der Waals surface area contributed by atoms with Crippen LogP contribution in [0, 0.1) is 26.6 Å². The van der Waals surface area contributed by atoms with Crippen molar-refractivity contribution < 1.29 is 19.1 Å². The highest BCUT2D eigenvalue weighted by molar-refractivity contribution is 6.51. The second-order valence-corrected chi connectivity index (χ2v) is 7.80. The van der Waals surface area contributed by atoms with Gasteiger partial charge in [0.25, 0.3) is 11.7 Å². The summed E-state index contributed by atoms with van der Waals surface area (Å²) in [6.45, 7) is 5.76. The standard InChI is InChI=1S/C26H22FNO3/c1-15-8-9-18(14-17(15)3)24(29)22-23(21-7-5-4-6-16(21)2)28(26(31)25(22)30)20-12-10-19(27)11-13-20/h4-14,23,29H,1-3H3/b24-22+. The van der Waals surface area contributed by atoms with Crippen LogP contribution in [0.2, 0.25) is 0 Å². The Balaban J connectivity index is 1.97. The first-order chi connectivity index (χ1) is 14.8. The number of carbonyl (C=O) groups excluding carboxylic acids is 2. The van der Waals surface area contributed by atoms with Gasteiger partial charge < -0.3 is 5.11 Å². The molecule has 0 aliphatic carbocycles. The van der Waals surface area contributed by atoms with E-state index >= 15 is 0 Å². The van der Waals surface area contributed by atoms with Crippen molar-refractivity contribution in [2.75, 3.05) is 4.90 Å². The van der Waals surface area contributed by atoms with Crippen LogP contribution in [0.15, 0.2) is 72.3 Å². The van der Waals surface area contributed by atoms with Crippen LogP contribution < -0.4 is 4.90 Å². The van der Waals surface area contributed by atoms with Gasteiger partial charge >= 0.3 is 0 Å². The smallest absolute Gasteiger partial charge is 0.300 e. The summed E-state index contributed by atoms with van der Waals surface area (Å²) in [4.78, 5) is 27.6. The minimum atomic E-state index is -0.826. The Labute approximate surface area is 180 Å². The Kier molecular flexibility index (Phi) is 5.19. The highest BCUT2D eigenvalue weighted by Crippen LogP contribution is 2.43. The summed E-state index contributed by atoms with van der Waals surface area (Å²) < 4.78 is 13.5. The minimum Gasteiger partial charge on any atom is -0.507 e. The number of aliphatic hydroxyl groups is 1. The van der Waals surface area contributed by atoms with Crippen LogP contribution >= 0.6 is 0 Å². The van der Waals surface area contributed by atoms with E-state index in [0.29, 0.717) is 11.3 Å². The third-order valence-electron chi connectivity index (χ3n) is 5.81. The number of aliphatic hydroxyl groups excluding tert-OH is 1. The Hall–Kier alpha value is -3.73. The first-order valence-corrected chi connectivity index (χ1v) is 9.99. The molecule has 4 nitrogen and oxygen atoms in total. The Bertz CT molecular complexity index is 1230. The van der Waals surface area contributed by atoms with Crippen molar-refractivity contribution in [3.05, 3.63) is 106 Å². The van der Waals surface area contributed by atoms with Gasteiger partial charge in [-0.3, -0.25) is 14.5 Å². The van der Waals surface area contributed by atoms with E-state index in [2.05, 4.69) is 0 Å². The Morgan fingerprint density at radius 2 is 1.55 bits per heavy atom. The van der Waals surface area contributed by atoms with Gasteiger partial charge in [0.15, 0.2) is 0 Å². The van der Waals surface area contributed by atoms with Crippen LogP contribution in [0.3, 0.4) is 0 Å². The number of amides is 1. The van der Waals surface area contributed by atoms with Crippen molar-refractivity contribution in [1.29, 1.82) is 0 Å². The lowest BCUT2D eigenvalue weighted by Crippen LogP contribution is -2.29. The van der Waals surface area contributed by atoms with E-state index in [9.17, 15) is 19.1 Å². The van der Waals surface area contributed by atoms with E-state index in [0.717, 1.165) is 22.3 Å². The van der Waals surface area contributed by atoms with Gasteiger partial charge in [-0.25, -0.2) is 4.39 Å². The molecule has 1 fully saturated rings. The van der Waals surface area contributed by atoms with Crippen LogP contribution in [-0.2, 0) is 9.59 Å². The lowest BCUT2D eigenvalue weighted by molar-refractivity contribution is -0.132. The monoisotopic (exact) mass is 415 g/mol. The van der Waals surface area contributed by atoms with Gasteiger partial charge in [0.05, 0.1) is 11.6 Å². The van der Waals surface area contributed by atoms with Gasteiger partial charge in [-0.05, 0) is 73.4 Å². The molecule has 31 heavy (non-hydrogen) atoms. The molecule has 4 rings (SSSR count). The van der Waals surface area contributed by atoms with Crippen molar-refractivity contribution in [1.82, 2.24) is 0 Å². The molecule has 1 amide bonds. The van der Waals surface area contributed by atoms with Gasteiger partial charge in [-0.1, -0.05) is 36.4 Å². The Morgan fingerprint density at radius 1 is 0.871 bits per heavy atom. The van der Waals surface area contributed by atoms with Gasteiger partial charge in [0.1, 0.15) is 11.6 Å². The van der Waals surface area contributed by atoms with Gasteiger partial charge in [0, 0.05) is 11.3 Å². The SMILES string of the molecule is Cc1ccc(/C(O)=C2\C(=O)C(=O)N(c3ccc(F)cc3)C2c2ccccc2C)cc1C. The number of halogens is 1. The van der Waals surface area contributed by atoms with E-state index in [-0.39, 0.29) is 11.3 Å². The highest BCUT2D eigenvalue weighted by Gasteiger charge is 2.47. The zero-order valence-electron chi connectivity index (χ0n) is 17.5. The molecular weight excluding hydrogens is 393 g/mol. The fourth-order valence-electron chi connectivity index (χ4n) is 3.93. The summed E-state index contributed by atoms with van der Waals surface area (Å²) in [6.07, 6.45) is 0. The molecule has 1 heterocycles. The maximum Gasteiger partial charge on any atom is 0.300 e. The van der Waals surface area contributed by atoms with Crippen LogP contribution in [0.4, 0.5) is 10.1 Å². The van der Waals surface area contributed by atoms with Crippen LogP contribution in [0.1, 0.15) is 33.9 Å². The molecule has 1 aliphatic rings. The molecule has 1 N–H and O–H groups in total. The van der Waals surface area contributed by atoms with Crippen molar-refractivity contribution in [3.8, 4) is 0 Å². The molecule has 1 atom stereocenters. The van der Waals surface area contributed by atoms with E-state index < -0.39 is 23.5 Å². The first-order valence-electron chi connectivity index (χ1n) is 9.99. The summed E-state index contributed by atoms with van der Waals surface area (Å²) in [5.74, 6) is -2.19. The van der Waals surface area contributed by atoms with Gasteiger partial charge in [-0.2, -0.15) is 0 Å². The molecule has 1 aliphatic heterocycles. The second kappa shape index (κ2) is 7.84. The number of anilines is 1. The molecule has 1 saturated heterocycles. The summed E-state index contributed by atoms with van der Waals surface area (Å²) in [5.41, 5.74) is 4.48. The third-order valence-corrected chi connectivity index (χ3v) is 5.81. The number of rotatable bonds is 3. The fraction of sp³-hybridized carbons (Fsp3) is 0.154. The molecule has 0 radical (unpaired) electrons. The molecule has 3 aromatic rings. The maximum absolute atomic E-state index is 13.5. The third kappa shape index (κ3) is 3.52. The average Bonchev–Trinajstić information content (AvgIpc) is 3.01. The van der Waals surface area contributed by atoms with E-state index in [1.165, 1.54) is 29.2 Å². The lowest BCUT2D eigenvalue weighted by Gasteiger charge is -2.26. The van der Waals surface area contributed by atoms with Crippen molar-refractivity contribution in [2.24, 2.45) is 0 Å². The topological polar surface area (TPSA) is 57.6 Å². The molecule has 0 spiro atoms. The molecule has 0 aromatic heterocycles. The molecule has 1 unspecified atom stereocenters. The fourth-order valence-corrected chi connectivity index (χ4v) is 3.93. The van der Waals surface area contributed by atoms with Gasteiger partial charge in [0.2, 0.25) is 0 Å². The summed E-state index contributed by atoms with van der Waals surface area (Å²) in [7, 11) is 0. The number of ketones is 1. The largest absolute Gasteiger partial charge is 0.507 e. The number of Topliss-reactive ketones (excluding diaryl/α,β-unsaturated/α-hetero) is 1. The van der Waals surface area contributed by atoms with Crippen molar-refractivity contribution in [3.63, 3.8) is 0 Å². The number of hydrogen-bond acceptors (Lipinski definition) is 3. The summed E-state index contributed by atoms with van der Waals surface area (Å²) in [5, 5.41) is 11.2. The van der Waals surface area contributed by atoms with Crippen LogP contribution in [0.5, 0.6) is 0 Å². The van der Waals surface area contributed by atoms with E-state index in [1.54, 1.807) is 12.1 Å². The highest BCUT2D eigenvalue weighted by atomic mass is 19.1.